The molecule has 0 fully saturated rings. The maximum atomic E-state index is 11.9. The molecule has 1 aromatic carbocycles. The fourth-order valence-corrected chi connectivity index (χ4v) is 1.95. The quantitative estimate of drug-likeness (QED) is 0.689. The van der Waals surface area contributed by atoms with Crippen LogP contribution in [0.3, 0.4) is 0 Å². The van der Waals surface area contributed by atoms with Crippen LogP contribution in [-0.2, 0) is 22.7 Å². The van der Waals surface area contributed by atoms with Crippen LogP contribution in [0.1, 0.15) is 31.4 Å². The lowest BCUT2D eigenvalue weighted by Crippen LogP contribution is -2.34. The van der Waals surface area contributed by atoms with Crippen molar-refractivity contribution in [3.63, 3.8) is 0 Å². The van der Waals surface area contributed by atoms with E-state index in [9.17, 15) is 4.79 Å². The summed E-state index contributed by atoms with van der Waals surface area (Å²) in [7, 11) is 1.85. The Kier molecular flexibility index (Phi) is 10.9. The van der Waals surface area contributed by atoms with Gasteiger partial charge in [-0.2, -0.15) is 0 Å². The summed E-state index contributed by atoms with van der Waals surface area (Å²) in [5.74, 6) is 0.0483. The standard InChI is InChI=1S/C16H26N2O2.ClH/c1-4-9-20-12-15-8-6-5-7-14(15)11-18-16(19)13(2)10-17-3;/h5-8,13,17H,4,9-12H2,1-3H3,(H,18,19);1H. The second-order valence-electron chi connectivity index (χ2n) is 5.00. The molecule has 0 spiro atoms. The third-order valence-electron chi connectivity index (χ3n) is 3.14. The Bertz CT molecular complexity index is 413. The Labute approximate surface area is 134 Å². The Morgan fingerprint density at radius 2 is 1.95 bits per heavy atom. The molecule has 1 unspecified atom stereocenters. The molecular weight excluding hydrogens is 288 g/mol. The number of nitrogens with one attached hydrogen (secondary N) is 2. The van der Waals surface area contributed by atoms with Gasteiger partial charge in [-0.15, -0.1) is 12.4 Å². The van der Waals surface area contributed by atoms with E-state index in [1.807, 2.05) is 38.2 Å². The molecule has 1 atom stereocenters. The smallest absolute Gasteiger partial charge is 0.224 e. The first-order valence-corrected chi connectivity index (χ1v) is 7.25. The zero-order chi connectivity index (χ0) is 14.8. The minimum absolute atomic E-state index is 0. The molecule has 0 bridgehead atoms. The molecule has 1 rings (SSSR count). The first-order valence-electron chi connectivity index (χ1n) is 7.25. The van der Waals surface area contributed by atoms with Gasteiger partial charge >= 0.3 is 0 Å². The number of benzene rings is 1. The van der Waals surface area contributed by atoms with Gasteiger partial charge in [-0.25, -0.2) is 0 Å². The second kappa shape index (κ2) is 11.5. The highest BCUT2D eigenvalue weighted by molar-refractivity contribution is 5.85. The summed E-state index contributed by atoms with van der Waals surface area (Å²) in [5, 5.41) is 5.99. The Morgan fingerprint density at radius 3 is 2.57 bits per heavy atom. The van der Waals surface area contributed by atoms with E-state index in [0.717, 1.165) is 24.2 Å². The first kappa shape index (κ1) is 19.9. The van der Waals surface area contributed by atoms with Crippen LogP contribution in [0.5, 0.6) is 0 Å². The zero-order valence-electron chi connectivity index (χ0n) is 13.1. The van der Waals surface area contributed by atoms with Crippen LogP contribution >= 0.6 is 12.4 Å². The van der Waals surface area contributed by atoms with Crippen molar-refractivity contribution in [3.8, 4) is 0 Å². The summed E-state index contributed by atoms with van der Waals surface area (Å²) in [6, 6.07) is 8.07. The lowest BCUT2D eigenvalue weighted by atomic mass is 10.1. The van der Waals surface area contributed by atoms with Crippen LogP contribution in [-0.4, -0.2) is 26.1 Å². The van der Waals surface area contributed by atoms with E-state index < -0.39 is 0 Å². The maximum absolute atomic E-state index is 11.9. The van der Waals surface area contributed by atoms with Crippen molar-refractivity contribution in [2.75, 3.05) is 20.2 Å². The van der Waals surface area contributed by atoms with Gasteiger partial charge in [0.2, 0.25) is 5.91 Å². The predicted octanol–water partition coefficient (Wildman–Crippen LogP) is 2.51. The lowest BCUT2D eigenvalue weighted by Gasteiger charge is -2.14. The largest absolute Gasteiger partial charge is 0.377 e. The van der Waals surface area contributed by atoms with Crippen molar-refractivity contribution >= 4 is 18.3 Å². The van der Waals surface area contributed by atoms with Crippen LogP contribution in [0.2, 0.25) is 0 Å². The maximum Gasteiger partial charge on any atom is 0.224 e. The molecule has 4 nitrogen and oxygen atoms in total. The number of rotatable bonds is 9. The topological polar surface area (TPSA) is 50.4 Å². The second-order valence-corrected chi connectivity index (χ2v) is 5.00. The minimum atomic E-state index is -0.0245. The number of carbonyl (C=O) groups excluding carboxylic acids is 1. The molecule has 0 saturated carbocycles. The fraction of sp³-hybridized carbons (Fsp3) is 0.562. The average Bonchev–Trinajstić information content (AvgIpc) is 2.46. The van der Waals surface area contributed by atoms with Gasteiger partial charge < -0.3 is 15.4 Å². The molecule has 5 heteroatoms. The zero-order valence-corrected chi connectivity index (χ0v) is 14.0. The third-order valence-corrected chi connectivity index (χ3v) is 3.14. The number of hydrogen-bond acceptors (Lipinski definition) is 3. The highest BCUT2D eigenvalue weighted by atomic mass is 35.5. The van der Waals surface area contributed by atoms with Gasteiger partial charge in [0, 0.05) is 25.6 Å². The van der Waals surface area contributed by atoms with Gasteiger partial charge in [0.1, 0.15) is 0 Å². The molecule has 1 aromatic rings. The van der Waals surface area contributed by atoms with Crippen molar-refractivity contribution in [2.45, 2.75) is 33.4 Å². The van der Waals surface area contributed by atoms with E-state index in [2.05, 4.69) is 17.6 Å². The Balaban J connectivity index is 0.00000400. The monoisotopic (exact) mass is 314 g/mol. The normalized spacial score (nSPS) is 11.6. The van der Waals surface area contributed by atoms with Gasteiger partial charge in [0.15, 0.2) is 0 Å². The molecule has 1 amide bonds. The number of carbonyl (C=O) groups is 1. The lowest BCUT2D eigenvalue weighted by molar-refractivity contribution is -0.124. The van der Waals surface area contributed by atoms with Crippen molar-refractivity contribution in [1.82, 2.24) is 10.6 Å². The van der Waals surface area contributed by atoms with Gasteiger partial charge in [-0.3, -0.25) is 4.79 Å². The highest BCUT2D eigenvalue weighted by Crippen LogP contribution is 2.10. The summed E-state index contributed by atoms with van der Waals surface area (Å²) >= 11 is 0. The Hall–Kier alpha value is -1.10. The van der Waals surface area contributed by atoms with Crippen molar-refractivity contribution in [3.05, 3.63) is 35.4 Å². The molecule has 0 heterocycles. The third kappa shape index (κ3) is 7.46. The van der Waals surface area contributed by atoms with E-state index in [1.165, 1.54) is 0 Å². The van der Waals surface area contributed by atoms with Crippen LogP contribution in [0, 0.1) is 5.92 Å². The summed E-state index contributed by atoms with van der Waals surface area (Å²) in [6.07, 6.45) is 1.01. The van der Waals surface area contributed by atoms with E-state index >= 15 is 0 Å². The molecule has 0 aliphatic heterocycles. The van der Waals surface area contributed by atoms with Crippen LogP contribution < -0.4 is 10.6 Å². The summed E-state index contributed by atoms with van der Waals surface area (Å²) in [4.78, 5) is 11.9. The van der Waals surface area contributed by atoms with Gasteiger partial charge in [0.25, 0.3) is 0 Å². The van der Waals surface area contributed by atoms with E-state index in [0.29, 0.717) is 19.7 Å². The molecule has 0 aliphatic rings. The van der Waals surface area contributed by atoms with Gasteiger partial charge in [0.05, 0.1) is 6.61 Å². The molecule has 0 radical (unpaired) electrons. The molecular formula is C16H27ClN2O2. The van der Waals surface area contributed by atoms with Crippen LogP contribution in [0.15, 0.2) is 24.3 Å². The number of hydrogen-bond donors (Lipinski definition) is 2. The predicted molar refractivity (Wildman–Crippen MR) is 88.6 cm³/mol. The number of ether oxygens (including phenoxy) is 1. The van der Waals surface area contributed by atoms with E-state index in [-0.39, 0.29) is 24.2 Å². The SMILES string of the molecule is CCCOCc1ccccc1CNC(=O)C(C)CNC.Cl. The summed E-state index contributed by atoms with van der Waals surface area (Å²) < 4.78 is 5.58. The number of amides is 1. The molecule has 0 aliphatic carbocycles. The van der Waals surface area contributed by atoms with E-state index in [1.54, 1.807) is 0 Å². The highest BCUT2D eigenvalue weighted by Gasteiger charge is 2.11. The van der Waals surface area contributed by atoms with Crippen molar-refractivity contribution < 1.29 is 9.53 Å². The summed E-state index contributed by atoms with van der Waals surface area (Å²) in [6.45, 7) is 6.62. The first-order chi connectivity index (χ1) is 9.69. The van der Waals surface area contributed by atoms with Crippen molar-refractivity contribution in [1.29, 1.82) is 0 Å². The minimum Gasteiger partial charge on any atom is -0.377 e. The van der Waals surface area contributed by atoms with Gasteiger partial charge in [-0.05, 0) is 24.6 Å². The molecule has 2 N–H and O–H groups in total. The molecule has 0 saturated heterocycles. The van der Waals surface area contributed by atoms with E-state index in [4.69, 9.17) is 4.74 Å². The fourth-order valence-electron chi connectivity index (χ4n) is 1.95. The van der Waals surface area contributed by atoms with Crippen LogP contribution in [0.4, 0.5) is 0 Å². The molecule has 0 aromatic heterocycles. The molecule has 120 valence electrons. The van der Waals surface area contributed by atoms with Crippen LogP contribution in [0.25, 0.3) is 0 Å². The molecule has 21 heavy (non-hydrogen) atoms. The van der Waals surface area contributed by atoms with Crippen molar-refractivity contribution in [2.24, 2.45) is 5.92 Å². The average molecular weight is 315 g/mol. The summed E-state index contributed by atoms with van der Waals surface area (Å²) in [5.41, 5.74) is 2.26. The number of halogens is 1. The Morgan fingerprint density at radius 1 is 1.29 bits per heavy atom. The van der Waals surface area contributed by atoms with Gasteiger partial charge in [-0.1, -0.05) is 38.1 Å².